The maximum absolute atomic E-state index is 12.8. The van der Waals surface area contributed by atoms with Crippen LogP contribution in [0.15, 0.2) is 41.8 Å². The van der Waals surface area contributed by atoms with Gasteiger partial charge in [-0.05, 0) is 18.2 Å². The molecule has 0 fully saturated rings. The molecule has 0 aliphatic heterocycles. The van der Waals surface area contributed by atoms with E-state index in [9.17, 15) is 18.0 Å². The summed E-state index contributed by atoms with van der Waals surface area (Å²) >= 11 is 0. The van der Waals surface area contributed by atoms with Gasteiger partial charge in [-0.15, -0.1) is 0 Å². The highest BCUT2D eigenvalue weighted by Crippen LogP contribution is 2.35. The molecule has 0 radical (unpaired) electrons. The minimum absolute atomic E-state index is 0.0119. The molecule has 0 atom stereocenters. The van der Waals surface area contributed by atoms with Gasteiger partial charge >= 0.3 is 5.97 Å². The molecule has 0 unspecified atom stereocenters. The fourth-order valence-electron chi connectivity index (χ4n) is 2.81. The summed E-state index contributed by atoms with van der Waals surface area (Å²) in [7, 11) is 3.11. The van der Waals surface area contributed by atoms with Crippen molar-refractivity contribution < 1.29 is 41.7 Å². The van der Waals surface area contributed by atoms with E-state index >= 15 is 0 Å². The summed E-state index contributed by atoms with van der Waals surface area (Å²) in [4.78, 5) is 27.4. The number of nitrogens with one attached hydrogen (secondary N) is 1. The fourth-order valence-corrected chi connectivity index (χ4v) is 3.83. The van der Waals surface area contributed by atoms with Crippen LogP contribution in [-0.4, -0.2) is 60.8 Å². The van der Waals surface area contributed by atoms with Crippen molar-refractivity contribution in [2.75, 3.05) is 40.9 Å². The van der Waals surface area contributed by atoms with E-state index in [2.05, 4.69) is 15.0 Å². The number of aromatic nitrogens is 1. The first-order valence-electron chi connectivity index (χ1n) is 9.98. The Kier molecular flexibility index (Phi) is 9.64. The third-order valence-electron chi connectivity index (χ3n) is 4.49. The molecule has 1 aromatic heterocycles. The SMILES string of the molecule is COC(=O)C=CC(=O)Nc1nc(CS(=O)(=O)C=Cc2c(OC)cc(OC)cc2OC)ccc1OC. The Morgan fingerprint density at radius 1 is 0.914 bits per heavy atom. The molecule has 0 aliphatic rings. The fraction of sp³-hybridized carbons (Fsp3) is 0.261. The van der Waals surface area contributed by atoms with Crippen LogP contribution >= 0.6 is 0 Å². The number of methoxy groups -OCH3 is 5. The largest absolute Gasteiger partial charge is 0.496 e. The van der Waals surface area contributed by atoms with E-state index in [-0.39, 0.29) is 17.3 Å². The maximum Gasteiger partial charge on any atom is 0.330 e. The Hall–Kier alpha value is -4.06. The molecule has 1 heterocycles. The Morgan fingerprint density at radius 3 is 2.09 bits per heavy atom. The molecular formula is C23H26N2O9S. The zero-order valence-corrected chi connectivity index (χ0v) is 20.7. The lowest BCUT2D eigenvalue weighted by Crippen LogP contribution is -2.13. The molecule has 11 nitrogen and oxygen atoms in total. The number of esters is 1. The maximum atomic E-state index is 12.8. The normalized spacial score (nSPS) is 11.3. The number of carbonyl (C=O) groups is 2. The average molecular weight is 507 g/mol. The molecule has 2 rings (SSSR count). The highest BCUT2D eigenvalue weighted by molar-refractivity contribution is 7.93. The Morgan fingerprint density at radius 2 is 1.54 bits per heavy atom. The number of amides is 1. The number of carbonyl (C=O) groups excluding carboxylic acids is 2. The Bertz CT molecular complexity index is 1210. The molecule has 12 heteroatoms. The van der Waals surface area contributed by atoms with Crippen LogP contribution in [-0.2, 0) is 29.9 Å². The molecule has 1 N–H and O–H groups in total. The van der Waals surface area contributed by atoms with Gasteiger partial charge in [-0.25, -0.2) is 18.2 Å². The second-order valence-electron chi connectivity index (χ2n) is 6.75. The van der Waals surface area contributed by atoms with Crippen LogP contribution in [0.4, 0.5) is 5.82 Å². The van der Waals surface area contributed by atoms with Gasteiger partial charge in [-0.1, -0.05) is 0 Å². The highest BCUT2D eigenvalue weighted by atomic mass is 32.2. The molecule has 0 aliphatic carbocycles. The number of rotatable bonds is 11. The van der Waals surface area contributed by atoms with Gasteiger partial charge in [0.2, 0.25) is 5.91 Å². The topological polar surface area (TPSA) is 139 Å². The van der Waals surface area contributed by atoms with Gasteiger partial charge in [0, 0.05) is 29.7 Å². The molecule has 0 saturated heterocycles. The van der Waals surface area contributed by atoms with Crippen molar-refractivity contribution in [1.82, 2.24) is 4.98 Å². The van der Waals surface area contributed by atoms with E-state index in [1.54, 1.807) is 12.1 Å². The Labute approximate surface area is 203 Å². The van der Waals surface area contributed by atoms with Crippen LogP contribution in [0.3, 0.4) is 0 Å². The number of pyridine rings is 1. The lowest BCUT2D eigenvalue weighted by molar-refractivity contribution is -0.135. The van der Waals surface area contributed by atoms with Crippen LogP contribution in [0, 0.1) is 0 Å². The smallest absolute Gasteiger partial charge is 0.330 e. The van der Waals surface area contributed by atoms with Gasteiger partial charge < -0.3 is 29.0 Å². The standard InChI is InChI=1S/C23H26N2O9S/c1-30-16-12-19(32-3)17(20(13-16)33-4)10-11-35(28,29)14-15-6-7-18(31-2)23(24-15)25-21(26)8-9-22(27)34-5/h6-13H,14H2,1-5H3,(H,24,25,26). The highest BCUT2D eigenvalue weighted by Gasteiger charge is 2.16. The van der Waals surface area contributed by atoms with Crippen molar-refractivity contribution in [2.45, 2.75) is 5.75 Å². The third-order valence-corrected chi connectivity index (χ3v) is 5.74. The summed E-state index contributed by atoms with van der Waals surface area (Å²) in [6.45, 7) is 0. The molecule has 2 aromatic rings. The van der Waals surface area contributed by atoms with E-state index in [0.717, 1.165) is 17.6 Å². The lowest BCUT2D eigenvalue weighted by atomic mass is 10.1. The van der Waals surface area contributed by atoms with Crippen LogP contribution in [0.5, 0.6) is 23.0 Å². The molecule has 1 amide bonds. The van der Waals surface area contributed by atoms with Crippen LogP contribution in [0.1, 0.15) is 11.3 Å². The summed E-state index contributed by atoms with van der Waals surface area (Å²) in [6.07, 6.45) is 3.24. The number of hydrogen-bond acceptors (Lipinski definition) is 10. The van der Waals surface area contributed by atoms with E-state index in [1.165, 1.54) is 53.8 Å². The summed E-state index contributed by atoms with van der Waals surface area (Å²) in [6, 6.07) is 6.13. The van der Waals surface area contributed by atoms with E-state index in [4.69, 9.17) is 18.9 Å². The Balaban J connectivity index is 2.29. The molecule has 35 heavy (non-hydrogen) atoms. The predicted molar refractivity (Wildman–Crippen MR) is 128 cm³/mol. The summed E-state index contributed by atoms with van der Waals surface area (Å²) in [5, 5.41) is 3.46. The number of ether oxygens (including phenoxy) is 5. The molecule has 0 bridgehead atoms. The predicted octanol–water partition coefficient (Wildman–Crippen LogP) is 2.37. The van der Waals surface area contributed by atoms with Gasteiger partial charge in [-0.2, -0.15) is 0 Å². The minimum Gasteiger partial charge on any atom is -0.496 e. The minimum atomic E-state index is -3.80. The second-order valence-corrected chi connectivity index (χ2v) is 8.64. The van der Waals surface area contributed by atoms with Crippen LogP contribution in [0.25, 0.3) is 6.08 Å². The lowest BCUT2D eigenvalue weighted by Gasteiger charge is -2.12. The van der Waals surface area contributed by atoms with Crippen LogP contribution < -0.4 is 24.3 Å². The van der Waals surface area contributed by atoms with Gasteiger partial charge in [-0.3, -0.25) is 4.79 Å². The first-order chi connectivity index (χ1) is 16.7. The molecule has 188 valence electrons. The first-order valence-corrected chi connectivity index (χ1v) is 11.7. The van der Waals surface area contributed by atoms with E-state index in [1.807, 2.05) is 0 Å². The third kappa shape index (κ3) is 7.74. The van der Waals surface area contributed by atoms with Gasteiger partial charge in [0.1, 0.15) is 17.2 Å². The summed E-state index contributed by atoms with van der Waals surface area (Å²) in [5.41, 5.74) is 0.559. The van der Waals surface area contributed by atoms with Crippen molar-refractivity contribution in [3.63, 3.8) is 0 Å². The van der Waals surface area contributed by atoms with Crippen molar-refractivity contribution in [3.8, 4) is 23.0 Å². The molecular weight excluding hydrogens is 480 g/mol. The summed E-state index contributed by atoms with van der Waals surface area (Å²) in [5.74, 6) is -0.458. The van der Waals surface area contributed by atoms with Crippen molar-refractivity contribution in [1.29, 1.82) is 0 Å². The van der Waals surface area contributed by atoms with Crippen molar-refractivity contribution in [3.05, 3.63) is 53.1 Å². The van der Waals surface area contributed by atoms with Crippen molar-refractivity contribution >= 4 is 33.6 Å². The summed E-state index contributed by atoms with van der Waals surface area (Å²) < 4.78 is 51.0. The second kappa shape index (κ2) is 12.4. The van der Waals surface area contributed by atoms with E-state index in [0.29, 0.717) is 22.8 Å². The van der Waals surface area contributed by atoms with Crippen molar-refractivity contribution in [2.24, 2.45) is 0 Å². The quantitative estimate of drug-likeness (QED) is 0.357. The molecule has 0 saturated carbocycles. The number of sulfone groups is 1. The van der Waals surface area contributed by atoms with Gasteiger partial charge in [0.05, 0.1) is 52.6 Å². The first kappa shape index (κ1) is 27.2. The zero-order chi connectivity index (χ0) is 26.0. The molecule has 1 aromatic carbocycles. The van der Waals surface area contributed by atoms with Crippen LogP contribution in [0.2, 0.25) is 0 Å². The average Bonchev–Trinajstić information content (AvgIpc) is 2.85. The number of anilines is 1. The molecule has 0 spiro atoms. The zero-order valence-electron chi connectivity index (χ0n) is 19.9. The van der Waals surface area contributed by atoms with Gasteiger partial charge in [0.25, 0.3) is 0 Å². The number of nitrogens with zero attached hydrogens (tertiary/aromatic N) is 1. The van der Waals surface area contributed by atoms with E-state index < -0.39 is 27.5 Å². The number of benzene rings is 1. The number of hydrogen-bond donors (Lipinski definition) is 1. The monoisotopic (exact) mass is 506 g/mol. The van der Waals surface area contributed by atoms with Gasteiger partial charge in [0.15, 0.2) is 21.4 Å².